The molecule has 1 saturated carbocycles. The van der Waals surface area contributed by atoms with Gasteiger partial charge in [0.1, 0.15) is 0 Å². The number of benzene rings is 1. The first-order chi connectivity index (χ1) is 9.22. The molecule has 2 nitrogen and oxygen atoms in total. The van der Waals surface area contributed by atoms with Gasteiger partial charge in [-0.25, -0.2) is 0 Å². The van der Waals surface area contributed by atoms with Gasteiger partial charge in [-0.05, 0) is 56.0 Å². The maximum Gasteiger partial charge on any atom is 0.0462 e. The molecular formula is C15H20BrClN2. The third kappa shape index (κ3) is 3.72. The molecule has 1 atom stereocenters. The summed E-state index contributed by atoms with van der Waals surface area (Å²) in [7, 11) is 0. The molecule has 0 bridgehead atoms. The van der Waals surface area contributed by atoms with E-state index in [1.165, 1.54) is 31.4 Å². The quantitative estimate of drug-likeness (QED) is 0.900. The minimum Gasteiger partial charge on any atom is -0.312 e. The molecule has 4 heteroatoms. The number of nitrogens with zero attached hydrogens (tertiary/aromatic N) is 1. The second-order valence-electron chi connectivity index (χ2n) is 5.72. The van der Waals surface area contributed by atoms with E-state index < -0.39 is 0 Å². The maximum atomic E-state index is 6.33. The van der Waals surface area contributed by atoms with Gasteiger partial charge in [-0.3, -0.25) is 4.90 Å². The summed E-state index contributed by atoms with van der Waals surface area (Å²) in [6, 6.07) is 6.90. The van der Waals surface area contributed by atoms with E-state index in [9.17, 15) is 0 Å². The van der Waals surface area contributed by atoms with E-state index in [2.05, 4.69) is 38.3 Å². The molecule has 1 aliphatic heterocycles. The highest BCUT2D eigenvalue weighted by atomic mass is 79.9. The van der Waals surface area contributed by atoms with E-state index in [-0.39, 0.29) is 0 Å². The van der Waals surface area contributed by atoms with Gasteiger partial charge in [0.2, 0.25) is 0 Å². The Morgan fingerprint density at radius 2 is 2.21 bits per heavy atom. The minimum absolute atomic E-state index is 0.691. The molecule has 104 valence electrons. The zero-order chi connectivity index (χ0) is 13.2. The van der Waals surface area contributed by atoms with Crippen molar-refractivity contribution in [3.8, 4) is 0 Å². The number of hydrogen-bond acceptors (Lipinski definition) is 2. The predicted octanol–water partition coefficient (Wildman–Crippen LogP) is 3.68. The summed E-state index contributed by atoms with van der Waals surface area (Å²) in [5, 5.41) is 4.57. The van der Waals surface area contributed by atoms with Crippen molar-refractivity contribution in [2.45, 2.75) is 31.8 Å². The summed E-state index contributed by atoms with van der Waals surface area (Å²) in [6.07, 6.45) is 4.05. The second kappa shape index (κ2) is 6.13. The van der Waals surface area contributed by atoms with Crippen LogP contribution in [0.25, 0.3) is 0 Å². The maximum absolute atomic E-state index is 6.33. The van der Waals surface area contributed by atoms with Crippen LogP contribution in [0.3, 0.4) is 0 Å². The Labute approximate surface area is 128 Å². The topological polar surface area (TPSA) is 15.3 Å². The van der Waals surface area contributed by atoms with E-state index >= 15 is 0 Å². The van der Waals surface area contributed by atoms with Crippen LogP contribution in [0.15, 0.2) is 22.7 Å². The van der Waals surface area contributed by atoms with Crippen molar-refractivity contribution in [1.82, 2.24) is 10.2 Å². The van der Waals surface area contributed by atoms with Crippen LogP contribution in [-0.4, -0.2) is 30.6 Å². The van der Waals surface area contributed by atoms with Crippen molar-refractivity contribution < 1.29 is 0 Å². The second-order valence-corrected chi connectivity index (χ2v) is 7.05. The lowest BCUT2D eigenvalue weighted by molar-refractivity contribution is 0.251. The molecule has 2 fully saturated rings. The molecule has 19 heavy (non-hydrogen) atoms. The Kier molecular flexibility index (Phi) is 4.47. The van der Waals surface area contributed by atoms with Crippen molar-refractivity contribution in [1.29, 1.82) is 0 Å². The molecule has 1 aromatic rings. The molecule has 0 amide bonds. The molecule has 0 spiro atoms. The lowest BCUT2D eigenvalue weighted by Gasteiger charge is -2.24. The monoisotopic (exact) mass is 342 g/mol. The Balaban J connectivity index is 1.66. The first kappa shape index (κ1) is 13.9. The molecule has 1 aliphatic carbocycles. The highest BCUT2D eigenvalue weighted by Gasteiger charge is 2.33. The zero-order valence-electron chi connectivity index (χ0n) is 11.0. The summed E-state index contributed by atoms with van der Waals surface area (Å²) < 4.78 is 1.05. The van der Waals surface area contributed by atoms with Gasteiger partial charge in [-0.1, -0.05) is 33.6 Å². The van der Waals surface area contributed by atoms with Crippen molar-refractivity contribution in [3.05, 3.63) is 33.3 Å². The molecule has 1 N–H and O–H groups in total. The van der Waals surface area contributed by atoms with Crippen molar-refractivity contribution in [3.63, 3.8) is 0 Å². The lowest BCUT2D eigenvalue weighted by atomic mass is 10.1. The SMILES string of the molecule is Clc1cc(Br)ccc1CN1CCCNC(C2CC2)C1. The molecule has 1 heterocycles. The molecular weight excluding hydrogens is 324 g/mol. The van der Waals surface area contributed by atoms with E-state index in [0.29, 0.717) is 6.04 Å². The van der Waals surface area contributed by atoms with Crippen LogP contribution in [0.1, 0.15) is 24.8 Å². The lowest BCUT2D eigenvalue weighted by Crippen LogP contribution is -2.38. The van der Waals surface area contributed by atoms with E-state index in [1.807, 2.05) is 6.07 Å². The largest absolute Gasteiger partial charge is 0.312 e. The smallest absolute Gasteiger partial charge is 0.0462 e. The molecule has 0 aromatic heterocycles. The van der Waals surface area contributed by atoms with Crippen LogP contribution >= 0.6 is 27.5 Å². The van der Waals surface area contributed by atoms with Crippen LogP contribution in [0.5, 0.6) is 0 Å². The Morgan fingerprint density at radius 1 is 1.37 bits per heavy atom. The zero-order valence-corrected chi connectivity index (χ0v) is 13.4. The summed E-state index contributed by atoms with van der Waals surface area (Å²) >= 11 is 9.79. The van der Waals surface area contributed by atoms with Gasteiger partial charge < -0.3 is 5.32 Å². The first-order valence-electron chi connectivity index (χ1n) is 7.12. The molecule has 1 unspecified atom stereocenters. The van der Waals surface area contributed by atoms with E-state index in [1.54, 1.807) is 0 Å². The van der Waals surface area contributed by atoms with Crippen molar-refractivity contribution in [2.75, 3.05) is 19.6 Å². The van der Waals surface area contributed by atoms with Crippen LogP contribution < -0.4 is 5.32 Å². The van der Waals surface area contributed by atoms with E-state index in [4.69, 9.17) is 11.6 Å². The average Bonchev–Trinajstić information content (AvgIpc) is 3.19. The Morgan fingerprint density at radius 3 is 2.95 bits per heavy atom. The normalized spacial score (nSPS) is 25.3. The molecule has 0 radical (unpaired) electrons. The fraction of sp³-hybridized carbons (Fsp3) is 0.600. The van der Waals surface area contributed by atoms with Crippen LogP contribution in [-0.2, 0) is 6.54 Å². The van der Waals surface area contributed by atoms with Crippen LogP contribution in [0.4, 0.5) is 0 Å². The van der Waals surface area contributed by atoms with Gasteiger partial charge >= 0.3 is 0 Å². The van der Waals surface area contributed by atoms with Crippen molar-refractivity contribution >= 4 is 27.5 Å². The summed E-state index contributed by atoms with van der Waals surface area (Å²) in [4.78, 5) is 2.55. The van der Waals surface area contributed by atoms with Crippen LogP contribution in [0.2, 0.25) is 5.02 Å². The van der Waals surface area contributed by atoms with Gasteiger partial charge in [0.05, 0.1) is 0 Å². The van der Waals surface area contributed by atoms with E-state index in [0.717, 1.165) is 35.0 Å². The van der Waals surface area contributed by atoms with Gasteiger partial charge in [-0.2, -0.15) is 0 Å². The fourth-order valence-corrected chi connectivity index (χ4v) is 3.61. The molecule has 1 saturated heterocycles. The number of rotatable bonds is 3. The van der Waals surface area contributed by atoms with Crippen molar-refractivity contribution in [2.24, 2.45) is 5.92 Å². The standard InChI is InChI=1S/C15H20BrClN2/c16-13-5-4-12(14(17)8-13)9-19-7-1-6-18-15(10-19)11-2-3-11/h4-5,8,11,15,18H,1-3,6-7,9-10H2. The highest BCUT2D eigenvalue weighted by molar-refractivity contribution is 9.10. The molecule has 1 aromatic carbocycles. The number of nitrogens with one attached hydrogen (secondary N) is 1. The fourth-order valence-electron chi connectivity index (χ4n) is 2.87. The average molecular weight is 344 g/mol. The van der Waals surface area contributed by atoms with Gasteiger partial charge in [0, 0.05) is 28.6 Å². The summed E-state index contributed by atoms with van der Waals surface area (Å²) in [5.74, 6) is 0.918. The molecule has 3 rings (SSSR count). The van der Waals surface area contributed by atoms with Crippen LogP contribution in [0, 0.1) is 5.92 Å². The third-order valence-corrected chi connectivity index (χ3v) is 4.96. The molecule has 2 aliphatic rings. The predicted molar refractivity (Wildman–Crippen MR) is 83.6 cm³/mol. The Bertz CT molecular complexity index is 448. The first-order valence-corrected chi connectivity index (χ1v) is 8.29. The van der Waals surface area contributed by atoms with Gasteiger partial charge in [0.15, 0.2) is 0 Å². The highest BCUT2D eigenvalue weighted by Crippen LogP contribution is 2.34. The summed E-state index contributed by atoms with van der Waals surface area (Å²) in [5.41, 5.74) is 1.24. The summed E-state index contributed by atoms with van der Waals surface area (Å²) in [6.45, 7) is 4.46. The number of hydrogen-bond donors (Lipinski definition) is 1. The van der Waals surface area contributed by atoms with Gasteiger partial charge in [0.25, 0.3) is 0 Å². The minimum atomic E-state index is 0.691. The van der Waals surface area contributed by atoms with Gasteiger partial charge in [-0.15, -0.1) is 0 Å². The Hall–Kier alpha value is -0.0900. The third-order valence-electron chi connectivity index (χ3n) is 4.11. The number of halogens is 2.